The van der Waals surface area contributed by atoms with E-state index in [0.29, 0.717) is 12.0 Å². The van der Waals surface area contributed by atoms with Crippen LogP contribution in [-0.4, -0.2) is 29.1 Å². The highest BCUT2D eigenvalue weighted by Gasteiger charge is 2.22. The first-order valence-corrected chi connectivity index (χ1v) is 4.59. The maximum atomic E-state index is 4.18. The molecule has 0 amide bonds. The van der Waals surface area contributed by atoms with Crippen LogP contribution < -0.4 is 10.6 Å². The van der Waals surface area contributed by atoms with Crippen LogP contribution in [0.4, 0.5) is 5.82 Å². The summed E-state index contributed by atoms with van der Waals surface area (Å²) in [5, 5.41) is 6.69. The summed E-state index contributed by atoms with van der Waals surface area (Å²) in [5.74, 6) is 1.52. The highest BCUT2D eigenvalue weighted by molar-refractivity contribution is 5.32. The van der Waals surface area contributed by atoms with Gasteiger partial charge in [-0.25, -0.2) is 4.98 Å². The van der Waals surface area contributed by atoms with Crippen molar-refractivity contribution in [2.75, 3.05) is 18.4 Å². The second-order valence-corrected chi connectivity index (χ2v) is 3.48. The van der Waals surface area contributed by atoms with Gasteiger partial charge in [-0.2, -0.15) is 0 Å². The van der Waals surface area contributed by atoms with Crippen molar-refractivity contribution in [3.8, 4) is 0 Å². The number of nitrogens with one attached hydrogen (secondary N) is 2. The third-order valence-corrected chi connectivity index (χ3v) is 2.41. The molecule has 4 heteroatoms. The Morgan fingerprint density at radius 3 is 3.00 bits per heavy atom. The third kappa shape index (κ3) is 1.95. The molecule has 2 atom stereocenters. The Morgan fingerprint density at radius 2 is 2.38 bits per heavy atom. The molecule has 0 bridgehead atoms. The van der Waals surface area contributed by atoms with Gasteiger partial charge in [0.05, 0.1) is 6.20 Å². The summed E-state index contributed by atoms with van der Waals surface area (Å²) in [6, 6.07) is 0.483. The van der Waals surface area contributed by atoms with Gasteiger partial charge in [-0.05, 0) is 12.5 Å². The van der Waals surface area contributed by atoms with E-state index in [2.05, 4.69) is 27.5 Å². The van der Waals surface area contributed by atoms with Crippen LogP contribution >= 0.6 is 0 Å². The highest BCUT2D eigenvalue weighted by atomic mass is 15.1. The van der Waals surface area contributed by atoms with Gasteiger partial charge < -0.3 is 10.6 Å². The number of anilines is 1. The summed E-state index contributed by atoms with van der Waals surface area (Å²) in [4.78, 5) is 8.18. The number of hydrogen-bond donors (Lipinski definition) is 2. The van der Waals surface area contributed by atoms with Crippen molar-refractivity contribution >= 4 is 5.82 Å². The Hall–Kier alpha value is -1.16. The summed E-state index contributed by atoms with van der Waals surface area (Å²) in [6.07, 6.45) is 5.14. The first kappa shape index (κ1) is 8.44. The maximum absolute atomic E-state index is 4.18. The minimum atomic E-state index is 0.483. The van der Waals surface area contributed by atoms with Crippen LogP contribution in [0, 0.1) is 5.92 Å². The van der Waals surface area contributed by atoms with Crippen LogP contribution in [-0.2, 0) is 0 Å². The first-order chi connectivity index (χ1) is 6.36. The molecular weight excluding hydrogens is 164 g/mol. The van der Waals surface area contributed by atoms with E-state index in [-0.39, 0.29) is 0 Å². The molecule has 0 saturated carbocycles. The summed E-state index contributed by atoms with van der Waals surface area (Å²) >= 11 is 0. The van der Waals surface area contributed by atoms with Gasteiger partial charge in [0.25, 0.3) is 0 Å². The second-order valence-electron chi connectivity index (χ2n) is 3.48. The molecule has 0 spiro atoms. The van der Waals surface area contributed by atoms with Crippen molar-refractivity contribution in [1.29, 1.82) is 0 Å². The minimum Gasteiger partial charge on any atom is -0.364 e. The summed E-state index contributed by atoms with van der Waals surface area (Å²) in [7, 11) is 0. The van der Waals surface area contributed by atoms with E-state index >= 15 is 0 Å². The van der Waals surface area contributed by atoms with Gasteiger partial charge in [-0.15, -0.1) is 0 Å². The van der Waals surface area contributed by atoms with E-state index in [1.165, 1.54) is 0 Å². The molecule has 1 fully saturated rings. The topological polar surface area (TPSA) is 49.8 Å². The molecule has 2 heterocycles. The normalized spacial score (nSPS) is 27.5. The summed E-state index contributed by atoms with van der Waals surface area (Å²) < 4.78 is 0. The Morgan fingerprint density at radius 1 is 1.46 bits per heavy atom. The Bertz CT molecular complexity index is 262. The smallest absolute Gasteiger partial charge is 0.144 e. The molecule has 0 aliphatic carbocycles. The van der Waals surface area contributed by atoms with Gasteiger partial charge in [0.1, 0.15) is 5.82 Å². The Labute approximate surface area is 77.8 Å². The lowest BCUT2D eigenvalue weighted by atomic mass is 10.1. The van der Waals surface area contributed by atoms with Crippen molar-refractivity contribution in [2.24, 2.45) is 5.92 Å². The summed E-state index contributed by atoms with van der Waals surface area (Å²) in [5.41, 5.74) is 0. The number of hydrogen-bond acceptors (Lipinski definition) is 4. The summed E-state index contributed by atoms with van der Waals surface area (Å²) in [6.45, 7) is 4.32. The zero-order chi connectivity index (χ0) is 9.10. The SMILES string of the molecule is CC1CNCC1Nc1cnccn1. The van der Waals surface area contributed by atoms with Gasteiger partial charge in [0.15, 0.2) is 0 Å². The lowest BCUT2D eigenvalue weighted by Crippen LogP contribution is -2.27. The lowest BCUT2D eigenvalue weighted by molar-refractivity contribution is 0.593. The van der Waals surface area contributed by atoms with E-state index in [4.69, 9.17) is 0 Å². The van der Waals surface area contributed by atoms with E-state index in [1.807, 2.05) is 0 Å². The molecule has 1 aliphatic heterocycles. The molecule has 2 unspecified atom stereocenters. The molecule has 1 aromatic rings. The van der Waals surface area contributed by atoms with Gasteiger partial charge in [-0.1, -0.05) is 6.92 Å². The number of rotatable bonds is 2. The molecule has 2 N–H and O–H groups in total. The maximum Gasteiger partial charge on any atom is 0.144 e. The number of aromatic nitrogens is 2. The quantitative estimate of drug-likeness (QED) is 0.692. The molecule has 70 valence electrons. The van der Waals surface area contributed by atoms with E-state index < -0.39 is 0 Å². The van der Waals surface area contributed by atoms with Crippen molar-refractivity contribution in [2.45, 2.75) is 13.0 Å². The largest absolute Gasteiger partial charge is 0.364 e. The monoisotopic (exact) mass is 178 g/mol. The molecule has 0 aromatic carbocycles. The standard InChI is InChI=1S/C9H14N4/c1-7-4-11-5-8(7)13-9-6-10-2-3-12-9/h2-3,6-8,11H,4-5H2,1H3,(H,12,13). The molecule has 13 heavy (non-hydrogen) atoms. The minimum absolute atomic E-state index is 0.483. The number of nitrogens with zero attached hydrogens (tertiary/aromatic N) is 2. The van der Waals surface area contributed by atoms with Crippen molar-refractivity contribution in [3.63, 3.8) is 0 Å². The van der Waals surface area contributed by atoms with Gasteiger partial charge >= 0.3 is 0 Å². The van der Waals surface area contributed by atoms with Crippen LogP contribution in [0.2, 0.25) is 0 Å². The van der Waals surface area contributed by atoms with Crippen LogP contribution in [0.5, 0.6) is 0 Å². The third-order valence-electron chi connectivity index (χ3n) is 2.41. The molecule has 1 saturated heterocycles. The molecule has 1 aliphatic rings. The van der Waals surface area contributed by atoms with E-state index in [0.717, 1.165) is 18.9 Å². The molecule has 0 radical (unpaired) electrons. The van der Waals surface area contributed by atoms with Crippen LogP contribution in [0.25, 0.3) is 0 Å². The van der Waals surface area contributed by atoms with Crippen molar-refractivity contribution in [3.05, 3.63) is 18.6 Å². The lowest BCUT2D eigenvalue weighted by Gasteiger charge is -2.15. The Balaban J connectivity index is 1.98. The molecule has 1 aromatic heterocycles. The fourth-order valence-corrected chi connectivity index (χ4v) is 1.57. The van der Waals surface area contributed by atoms with Crippen LogP contribution in [0.3, 0.4) is 0 Å². The average molecular weight is 178 g/mol. The molecular formula is C9H14N4. The second kappa shape index (κ2) is 3.70. The van der Waals surface area contributed by atoms with Crippen LogP contribution in [0.1, 0.15) is 6.92 Å². The molecule has 4 nitrogen and oxygen atoms in total. The Kier molecular flexibility index (Phi) is 2.40. The highest BCUT2D eigenvalue weighted by Crippen LogP contribution is 2.12. The van der Waals surface area contributed by atoms with Crippen molar-refractivity contribution < 1.29 is 0 Å². The van der Waals surface area contributed by atoms with E-state index in [9.17, 15) is 0 Å². The predicted octanol–water partition coefficient (Wildman–Crippen LogP) is 0.496. The zero-order valence-corrected chi connectivity index (χ0v) is 7.70. The average Bonchev–Trinajstić information content (AvgIpc) is 2.54. The fourth-order valence-electron chi connectivity index (χ4n) is 1.57. The van der Waals surface area contributed by atoms with Crippen LogP contribution in [0.15, 0.2) is 18.6 Å². The predicted molar refractivity (Wildman–Crippen MR) is 51.5 cm³/mol. The first-order valence-electron chi connectivity index (χ1n) is 4.59. The van der Waals surface area contributed by atoms with Gasteiger partial charge in [0.2, 0.25) is 0 Å². The zero-order valence-electron chi connectivity index (χ0n) is 7.70. The fraction of sp³-hybridized carbons (Fsp3) is 0.556. The van der Waals surface area contributed by atoms with Gasteiger partial charge in [0, 0.05) is 25.0 Å². The van der Waals surface area contributed by atoms with Crippen molar-refractivity contribution in [1.82, 2.24) is 15.3 Å². The van der Waals surface area contributed by atoms with E-state index in [1.54, 1.807) is 18.6 Å². The molecule has 2 rings (SSSR count). The van der Waals surface area contributed by atoms with Gasteiger partial charge in [-0.3, -0.25) is 4.98 Å².